The van der Waals surface area contributed by atoms with E-state index in [0.717, 1.165) is 19.6 Å². The molecular weight excluding hydrogens is 338 g/mol. The van der Waals surface area contributed by atoms with Crippen molar-refractivity contribution >= 4 is 10.9 Å². The molecular formula is C23H26NOS+. The minimum absolute atomic E-state index is 0.0944. The van der Waals surface area contributed by atoms with E-state index in [2.05, 4.69) is 96.8 Å². The maximum absolute atomic E-state index is 9.17. The fourth-order valence-electron chi connectivity index (χ4n) is 3.00. The van der Waals surface area contributed by atoms with E-state index in [1.807, 2.05) is 0 Å². The number of rotatable bonds is 8. The van der Waals surface area contributed by atoms with Gasteiger partial charge in [0, 0.05) is 13.1 Å². The molecule has 0 heterocycles. The number of benzene rings is 3. The minimum Gasteiger partial charge on any atom is -0.395 e. The lowest BCUT2D eigenvalue weighted by Gasteiger charge is -2.19. The molecule has 2 nitrogen and oxygen atoms in total. The first kappa shape index (κ1) is 18.7. The summed E-state index contributed by atoms with van der Waals surface area (Å²) < 4.78 is 0. The molecule has 0 spiro atoms. The van der Waals surface area contributed by atoms with E-state index in [4.69, 9.17) is 0 Å². The second-order valence-electron chi connectivity index (χ2n) is 6.17. The van der Waals surface area contributed by atoms with Gasteiger partial charge in [-0.1, -0.05) is 55.5 Å². The van der Waals surface area contributed by atoms with E-state index in [0.29, 0.717) is 0 Å². The fraction of sp³-hybridized carbons (Fsp3) is 0.217. The number of hydrogen-bond donors (Lipinski definition) is 1. The van der Waals surface area contributed by atoms with Crippen LogP contribution in [-0.4, -0.2) is 29.7 Å². The Balaban J connectivity index is 1.88. The summed E-state index contributed by atoms with van der Waals surface area (Å²) in [5, 5.41) is 9.17. The average Bonchev–Trinajstić information content (AvgIpc) is 2.71. The molecule has 3 aromatic carbocycles. The van der Waals surface area contributed by atoms with Crippen LogP contribution in [0.5, 0.6) is 0 Å². The molecule has 26 heavy (non-hydrogen) atoms. The molecule has 0 saturated carbocycles. The molecule has 1 N–H and O–H groups in total. The Labute approximate surface area is 159 Å². The summed E-state index contributed by atoms with van der Waals surface area (Å²) in [6, 6.07) is 30.4. The van der Waals surface area contributed by atoms with Crippen molar-refractivity contribution in [1.29, 1.82) is 0 Å². The topological polar surface area (TPSA) is 23.5 Å². The van der Waals surface area contributed by atoms with Gasteiger partial charge in [-0.15, -0.1) is 0 Å². The first-order valence-corrected chi connectivity index (χ1v) is 10.3. The zero-order valence-corrected chi connectivity index (χ0v) is 16.0. The van der Waals surface area contributed by atoms with E-state index >= 15 is 0 Å². The van der Waals surface area contributed by atoms with Crippen molar-refractivity contribution in [2.45, 2.75) is 28.2 Å². The van der Waals surface area contributed by atoms with Crippen LogP contribution >= 0.6 is 0 Å². The lowest BCUT2D eigenvalue weighted by molar-refractivity contribution is 0.197. The summed E-state index contributed by atoms with van der Waals surface area (Å²) in [5.74, 6) is 0. The Morgan fingerprint density at radius 2 is 1.23 bits per heavy atom. The second kappa shape index (κ2) is 9.58. The Morgan fingerprint density at radius 3 is 1.69 bits per heavy atom. The Morgan fingerprint density at radius 1 is 0.731 bits per heavy atom. The summed E-state index contributed by atoms with van der Waals surface area (Å²) in [5.41, 5.74) is 1.29. The molecule has 3 aromatic rings. The van der Waals surface area contributed by atoms with Crippen LogP contribution in [0.25, 0.3) is 0 Å². The molecule has 0 saturated heterocycles. The third-order valence-corrected chi connectivity index (χ3v) is 6.62. The van der Waals surface area contributed by atoms with Gasteiger partial charge < -0.3 is 5.11 Å². The van der Waals surface area contributed by atoms with Crippen molar-refractivity contribution in [3.63, 3.8) is 0 Å². The monoisotopic (exact) mass is 364 g/mol. The minimum atomic E-state index is -0.0944. The highest BCUT2D eigenvalue weighted by molar-refractivity contribution is 7.97. The number of aliphatic hydroxyl groups excluding tert-OH is 1. The largest absolute Gasteiger partial charge is 0.395 e. The van der Waals surface area contributed by atoms with Crippen LogP contribution in [0.2, 0.25) is 0 Å². The van der Waals surface area contributed by atoms with Crippen molar-refractivity contribution in [3.8, 4) is 0 Å². The fourth-order valence-corrected chi connectivity index (χ4v) is 5.08. The van der Waals surface area contributed by atoms with Gasteiger partial charge in [0.05, 0.1) is 17.5 Å². The molecule has 0 fully saturated rings. The molecule has 3 rings (SSSR count). The molecule has 0 aromatic heterocycles. The molecule has 0 atom stereocenters. The van der Waals surface area contributed by atoms with E-state index < -0.39 is 0 Å². The average molecular weight is 365 g/mol. The highest BCUT2D eigenvalue weighted by Crippen LogP contribution is 2.31. The zero-order chi connectivity index (χ0) is 18.2. The highest BCUT2D eigenvalue weighted by atomic mass is 32.2. The molecule has 3 heteroatoms. The van der Waals surface area contributed by atoms with Gasteiger partial charge in [0.25, 0.3) is 0 Å². The van der Waals surface area contributed by atoms with Gasteiger partial charge in [-0.3, -0.25) is 4.90 Å². The maximum atomic E-state index is 9.17. The summed E-state index contributed by atoms with van der Waals surface area (Å²) in [4.78, 5) is 6.25. The van der Waals surface area contributed by atoms with Gasteiger partial charge in [-0.25, -0.2) is 0 Å². The van der Waals surface area contributed by atoms with Gasteiger partial charge in [0.1, 0.15) is 0 Å². The van der Waals surface area contributed by atoms with Gasteiger partial charge in [-0.2, -0.15) is 0 Å². The Bertz CT molecular complexity index is 735. The van der Waals surface area contributed by atoms with E-state index in [-0.39, 0.29) is 17.5 Å². The quantitative estimate of drug-likeness (QED) is 0.591. The molecule has 0 aliphatic carbocycles. The van der Waals surface area contributed by atoms with Crippen LogP contribution in [0.1, 0.15) is 12.5 Å². The van der Waals surface area contributed by atoms with Crippen molar-refractivity contribution in [2.24, 2.45) is 0 Å². The van der Waals surface area contributed by atoms with E-state index in [1.54, 1.807) is 0 Å². The smallest absolute Gasteiger partial charge is 0.166 e. The lowest BCUT2D eigenvalue weighted by Crippen LogP contribution is -2.26. The normalized spacial score (nSPS) is 11.2. The van der Waals surface area contributed by atoms with Crippen LogP contribution in [0.3, 0.4) is 0 Å². The maximum Gasteiger partial charge on any atom is 0.166 e. The standard InChI is InChI=1S/C23H26NOS/c1-2-24(17-18-25)19-20-13-15-23(16-14-20)26(21-9-5-3-6-10-21)22-11-7-4-8-12-22/h3-16,25H,2,17-19H2,1H3/q+1. The van der Waals surface area contributed by atoms with Crippen LogP contribution < -0.4 is 0 Å². The zero-order valence-electron chi connectivity index (χ0n) is 15.2. The number of likely N-dealkylation sites (N-methyl/N-ethyl adjacent to an activating group) is 1. The van der Waals surface area contributed by atoms with Crippen molar-refractivity contribution in [3.05, 3.63) is 90.5 Å². The van der Waals surface area contributed by atoms with Gasteiger partial charge in [0.2, 0.25) is 0 Å². The summed E-state index contributed by atoms with van der Waals surface area (Å²) >= 11 is 0. The van der Waals surface area contributed by atoms with Crippen LogP contribution in [-0.2, 0) is 17.4 Å². The van der Waals surface area contributed by atoms with Crippen molar-refractivity contribution in [1.82, 2.24) is 4.90 Å². The van der Waals surface area contributed by atoms with E-state index in [9.17, 15) is 5.11 Å². The molecule has 0 amide bonds. The van der Waals surface area contributed by atoms with Crippen LogP contribution in [0, 0.1) is 0 Å². The van der Waals surface area contributed by atoms with Crippen LogP contribution in [0.4, 0.5) is 0 Å². The number of aliphatic hydroxyl groups is 1. The van der Waals surface area contributed by atoms with Gasteiger partial charge in [-0.05, 0) is 48.5 Å². The molecule has 0 aliphatic rings. The van der Waals surface area contributed by atoms with Crippen LogP contribution in [0.15, 0.2) is 99.6 Å². The number of hydrogen-bond acceptors (Lipinski definition) is 2. The Hall–Kier alpha value is -2.07. The molecule has 0 unspecified atom stereocenters. The van der Waals surface area contributed by atoms with Gasteiger partial charge >= 0.3 is 0 Å². The van der Waals surface area contributed by atoms with Crippen molar-refractivity contribution < 1.29 is 5.11 Å². The summed E-state index contributed by atoms with van der Waals surface area (Å²) in [7, 11) is -0.0944. The second-order valence-corrected chi connectivity index (χ2v) is 8.20. The van der Waals surface area contributed by atoms with E-state index in [1.165, 1.54) is 20.2 Å². The molecule has 134 valence electrons. The predicted octanol–water partition coefficient (Wildman–Crippen LogP) is 4.60. The molecule has 0 radical (unpaired) electrons. The first-order chi connectivity index (χ1) is 12.8. The van der Waals surface area contributed by atoms with Crippen molar-refractivity contribution in [2.75, 3.05) is 19.7 Å². The van der Waals surface area contributed by atoms with Gasteiger partial charge in [0.15, 0.2) is 14.7 Å². The SMILES string of the molecule is CCN(CCO)Cc1ccc([S+](c2ccccc2)c2ccccc2)cc1. The molecule has 0 bridgehead atoms. The highest BCUT2D eigenvalue weighted by Gasteiger charge is 2.28. The number of nitrogens with zero attached hydrogens (tertiary/aromatic N) is 1. The third kappa shape index (κ3) is 4.76. The predicted molar refractivity (Wildman–Crippen MR) is 110 cm³/mol. The molecule has 0 aliphatic heterocycles. The summed E-state index contributed by atoms with van der Waals surface area (Å²) in [6.07, 6.45) is 0. The lowest BCUT2D eigenvalue weighted by atomic mass is 10.2. The summed E-state index contributed by atoms with van der Waals surface area (Å²) in [6.45, 7) is 4.88. The third-order valence-electron chi connectivity index (χ3n) is 4.39. The Kier molecular flexibility index (Phi) is 6.89. The first-order valence-electron chi connectivity index (χ1n) is 9.08.